The van der Waals surface area contributed by atoms with E-state index < -0.39 is 0 Å². The van der Waals surface area contributed by atoms with Gasteiger partial charge in [-0.3, -0.25) is 0 Å². The zero-order valence-electron chi connectivity index (χ0n) is 2.94. The molecule has 0 saturated heterocycles. The molecule has 5 heavy (non-hydrogen) atoms. The maximum absolute atomic E-state index is 0. The second kappa shape index (κ2) is 101. The molecule has 0 fully saturated rings. The molecule has 0 aliphatic carbocycles. The Hall–Kier alpha value is 0.840. The van der Waals surface area contributed by atoms with Gasteiger partial charge in [-0.2, -0.15) is 0 Å². The van der Waals surface area contributed by atoms with Crippen molar-refractivity contribution in [2.75, 3.05) is 0 Å². The average Bonchev–Trinajstić information content (AvgIpc) is 0. The van der Waals surface area contributed by atoms with Gasteiger partial charge >= 0.3 is 0 Å². The molecule has 0 aromatic carbocycles. The highest BCUT2D eigenvalue weighted by Crippen LogP contribution is 0.847. The normalized spacial score (nSPS) is 0. The standard InChI is InChI=1S/2BrH.3H3N/h2*1H;3*1H3. The monoisotopic (exact) mass is 211 g/mol. The lowest BCUT2D eigenvalue weighted by Gasteiger charge is -0.345. The van der Waals surface area contributed by atoms with E-state index in [1.165, 1.54) is 0 Å². The quantitative estimate of drug-likeness (QED) is 0.569. The average molecular weight is 213 g/mol. The van der Waals surface area contributed by atoms with Gasteiger partial charge in [0.2, 0.25) is 0 Å². The van der Waals surface area contributed by atoms with Crippen molar-refractivity contribution in [1.29, 1.82) is 0 Å². The van der Waals surface area contributed by atoms with Crippen LogP contribution >= 0.6 is 34.0 Å². The highest BCUT2D eigenvalue weighted by molar-refractivity contribution is 8.93. The molecule has 40 valence electrons. The van der Waals surface area contributed by atoms with E-state index in [0.29, 0.717) is 0 Å². The van der Waals surface area contributed by atoms with Crippen LogP contribution in [-0.2, 0) is 0 Å². The van der Waals surface area contributed by atoms with E-state index in [0.717, 1.165) is 0 Å². The number of hydrogen-bond donors (Lipinski definition) is 3. The van der Waals surface area contributed by atoms with Gasteiger partial charge in [0.05, 0.1) is 0 Å². The molecule has 0 spiro atoms. The van der Waals surface area contributed by atoms with Crippen LogP contribution in [0.5, 0.6) is 0 Å². The molecule has 0 aromatic rings. The molecule has 0 aliphatic heterocycles. The van der Waals surface area contributed by atoms with E-state index in [4.69, 9.17) is 0 Å². The lowest BCUT2D eigenvalue weighted by molar-refractivity contribution is 2.13. The Morgan fingerprint density at radius 2 is 0.400 bits per heavy atom. The second-order valence-corrected chi connectivity index (χ2v) is 0. The molecular formula is H11Br2N3. The van der Waals surface area contributed by atoms with Crippen molar-refractivity contribution in [3.05, 3.63) is 0 Å². The van der Waals surface area contributed by atoms with Gasteiger partial charge in [-0.25, -0.2) is 0 Å². The van der Waals surface area contributed by atoms with Crippen molar-refractivity contribution in [2.24, 2.45) is 0 Å². The van der Waals surface area contributed by atoms with E-state index >= 15 is 0 Å². The van der Waals surface area contributed by atoms with E-state index in [1.807, 2.05) is 0 Å². The summed E-state index contributed by atoms with van der Waals surface area (Å²) in [5, 5.41) is 0. The molecule has 0 aliphatic rings. The third-order valence-corrected chi connectivity index (χ3v) is 0. The summed E-state index contributed by atoms with van der Waals surface area (Å²) in [6.07, 6.45) is 0. The summed E-state index contributed by atoms with van der Waals surface area (Å²) in [5.41, 5.74) is 0. The molecule has 0 aromatic heterocycles. The maximum atomic E-state index is 0. The van der Waals surface area contributed by atoms with Gasteiger partial charge in [0, 0.05) is 0 Å². The zero-order chi connectivity index (χ0) is 0. The van der Waals surface area contributed by atoms with Gasteiger partial charge in [0.15, 0.2) is 0 Å². The Balaban J connectivity index is 0. The summed E-state index contributed by atoms with van der Waals surface area (Å²) in [4.78, 5) is 0. The van der Waals surface area contributed by atoms with Crippen LogP contribution in [0.4, 0.5) is 0 Å². The van der Waals surface area contributed by atoms with E-state index in [9.17, 15) is 0 Å². The molecular weight excluding hydrogens is 202 g/mol. The minimum absolute atomic E-state index is 0. The predicted octanol–water partition coefficient (Wildman–Crippen LogP) is 1.64. The summed E-state index contributed by atoms with van der Waals surface area (Å²) in [7, 11) is 0. The third-order valence-electron chi connectivity index (χ3n) is 0. The SMILES string of the molecule is Br.Br.N.N.N. The minimum atomic E-state index is 0. The highest BCUT2D eigenvalue weighted by atomic mass is 79.9. The van der Waals surface area contributed by atoms with Crippen LogP contribution in [-0.4, -0.2) is 0 Å². The fourth-order valence-corrected chi connectivity index (χ4v) is 0. The molecule has 0 saturated carbocycles. The van der Waals surface area contributed by atoms with E-state index in [2.05, 4.69) is 0 Å². The topological polar surface area (TPSA) is 105 Å². The first kappa shape index (κ1) is 194. The Morgan fingerprint density at radius 1 is 0.400 bits per heavy atom. The van der Waals surface area contributed by atoms with Gasteiger partial charge in [0.25, 0.3) is 0 Å². The molecule has 0 atom stereocenters. The third kappa shape index (κ3) is 55.3. The summed E-state index contributed by atoms with van der Waals surface area (Å²) in [5.74, 6) is 0. The van der Waals surface area contributed by atoms with E-state index in [-0.39, 0.29) is 52.4 Å². The zero-order valence-corrected chi connectivity index (χ0v) is 6.36. The van der Waals surface area contributed by atoms with E-state index in [1.54, 1.807) is 0 Å². The minimum Gasteiger partial charge on any atom is -0.344 e. The molecule has 9 N–H and O–H groups in total. The summed E-state index contributed by atoms with van der Waals surface area (Å²) in [6.45, 7) is 0. The first-order valence-electron chi connectivity index (χ1n) is 0. The number of hydrogen-bond acceptors (Lipinski definition) is 3. The Labute approximate surface area is 52.8 Å². The lowest BCUT2D eigenvalue weighted by Crippen LogP contribution is -0.482. The Morgan fingerprint density at radius 3 is 0.400 bits per heavy atom. The molecule has 0 bridgehead atoms. The molecule has 3 nitrogen and oxygen atoms in total. The van der Waals surface area contributed by atoms with Crippen molar-refractivity contribution in [3.63, 3.8) is 0 Å². The van der Waals surface area contributed by atoms with Gasteiger partial charge in [-0.1, -0.05) is 0 Å². The van der Waals surface area contributed by atoms with Gasteiger partial charge in [-0.15, -0.1) is 34.0 Å². The van der Waals surface area contributed by atoms with Crippen LogP contribution in [0.25, 0.3) is 0 Å². The van der Waals surface area contributed by atoms with Crippen LogP contribution in [0.1, 0.15) is 0 Å². The van der Waals surface area contributed by atoms with Crippen molar-refractivity contribution in [3.8, 4) is 0 Å². The fraction of sp³-hybridized carbons (Fsp3) is 0. The van der Waals surface area contributed by atoms with Gasteiger partial charge in [0.1, 0.15) is 0 Å². The largest absolute Gasteiger partial charge is 0.344 e. The van der Waals surface area contributed by atoms with Crippen LogP contribution in [0, 0.1) is 0 Å². The van der Waals surface area contributed by atoms with Crippen LogP contribution < -0.4 is 18.5 Å². The van der Waals surface area contributed by atoms with Crippen LogP contribution in [0.15, 0.2) is 0 Å². The van der Waals surface area contributed by atoms with Gasteiger partial charge < -0.3 is 18.5 Å². The molecule has 0 radical (unpaired) electrons. The molecule has 0 amide bonds. The first-order valence-corrected chi connectivity index (χ1v) is 0. The summed E-state index contributed by atoms with van der Waals surface area (Å²) in [6, 6.07) is 0. The fourth-order valence-electron chi connectivity index (χ4n) is 0. The number of halogens is 2. The first-order chi connectivity index (χ1) is 0. The maximum Gasteiger partial charge on any atom is -0.114 e. The molecule has 0 heterocycles. The van der Waals surface area contributed by atoms with Crippen molar-refractivity contribution in [1.82, 2.24) is 18.5 Å². The molecule has 5 heteroatoms. The smallest absolute Gasteiger partial charge is 0.114 e. The Bertz CT molecular complexity index is 4.85. The Kier molecular flexibility index (Phi) is 3920. The summed E-state index contributed by atoms with van der Waals surface area (Å²) < 4.78 is 0. The number of rotatable bonds is 0. The second-order valence-electron chi connectivity index (χ2n) is 0. The van der Waals surface area contributed by atoms with Crippen molar-refractivity contribution >= 4 is 34.0 Å². The predicted molar refractivity (Wildman–Crippen MR) is 35.7 cm³/mol. The van der Waals surface area contributed by atoms with Crippen LogP contribution in [0.3, 0.4) is 0 Å². The van der Waals surface area contributed by atoms with Crippen molar-refractivity contribution < 1.29 is 0 Å². The lowest BCUT2D eigenvalue weighted by atomic mass is 14.0. The highest BCUT2D eigenvalue weighted by Gasteiger charge is -0.113. The van der Waals surface area contributed by atoms with Gasteiger partial charge in [-0.05, 0) is 0 Å². The van der Waals surface area contributed by atoms with Crippen LogP contribution in [0.2, 0.25) is 0 Å². The molecule has 0 rings (SSSR count). The summed E-state index contributed by atoms with van der Waals surface area (Å²) >= 11 is 0. The van der Waals surface area contributed by atoms with Crippen molar-refractivity contribution in [2.45, 2.75) is 0 Å². The molecule has 0 unspecified atom stereocenters.